The highest BCUT2D eigenvalue weighted by atomic mass is 35.5. The van der Waals surface area contributed by atoms with Crippen molar-refractivity contribution in [2.75, 3.05) is 25.5 Å². The molecule has 5 nitrogen and oxygen atoms in total. The number of ether oxygens (including phenoxy) is 1. The van der Waals surface area contributed by atoms with Crippen LogP contribution in [0.2, 0.25) is 0 Å². The Kier molecular flexibility index (Phi) is 7.87. The summed E-state index contributed by atoms with van der Waals surface area (Å²) in [6.45, 7) is 4.17. The lowest BCUT2D eigenvalue weighted by Crippen LogP contribution is -2.28. The number of carbonyl (C=O) groups is 1. The lowest BCUT2D eigenvalue weighted by Gasteiger charge is -2.21. The fourth-order valence-corrected chi connectivity index (χ4v) is 4.01. The number of aryl methyl sites for hydroxylation is 1. The largest absolute Gasteiger partial charge is 0.497 e. The summed E-state index contributed by atoms with van der Waals surface area (Å²) >= 11 is 1.52. The molecule has 0 atom stereocenters. The SMILES string of the molecule is COc1ccc(-c2nc(NC(=O)CCC3CCNCC3)sc2C)cc1.Cl. The molecule has 1 aliphatic rings. The van der Waals surface area contributed by atoms with Crippen LogP contribution in [0.1, 0.15) is 30.6 Å². The molecule has 0 bridgehead atoms. The highest BCUT2D eigenvalue weighted by Gasteiger charge is 2.16. The Bertz CT molecular complexity index is 712. The van der Waals surface area contributed by atoms with Crippen LogP contribution >= 0.6 is 23.7 Å². The highest BCUT2D eigenvalue weighted by molar-refractivity contribution is 7.16. The monoisotopic (exact) mass is 395 g/mol. The van der Waals surface area contributed by atoms with Crippen LogP contribution in [0, 0.1) is 12.8 Å². The van der Waals surface area contributed by atoms with Crippen LogP contribution in [0.25, 0.3) is 11.3 Å². The zero-order valence-electron chi connectivity index (χ0n) is 15.2. The lowest BCUT2D eigenvalue weighted by molar-refractivity contribution is -0.116. The van der Waals surface area contributed by atoms with E-state index in [0.29, 0.717) is 17.5 Å². The number of aromatic nitrogens is 1. The van der Waals surface area contributed by atoms with Crippen molar-refractivity contribution in [1.29, 1.82) is 0 Å². The fourth-order valence-electron chi connectivity index (χ4n) is 3.15. The van der Waals surface area contributed by atoms with Crippen LogP contribution in [0.3, 0.4) is 0 Å². The molecule has 26 heavy (non-hydrogen) atoms. The molecule has 2 aromatic rings. The first-order valence-corrected chi connectivity index (χ1v) is 9.60. The van der Waals surface area contributed by atoms with Crippen LogP contribution in [0.15, 0.2) is 24.3 Å². The molecule has 1 aromatic carbocycles. The van der Waals surface area contributed by atoms with Crippen molar-refractivity contribution in [1.82, 2.24) is 10.3 Å². The molecule has 0 radical (unpaired) electrons. The number of anilines is 1. The summed E-state index contributed by atoms with van der Waals surface area (Å²) in [6, 6.07) is 7.82. The second-order valence-corrected chi connectivity index (χ2v) is 7.64. The van der Waals surface area contributed by atoms with Crippen LogP contribution in [0.4, 0.5) is 5.13 Å². The number of nitrogens with zero attached hydrogens (tertiary/aromatic N) is 1. The van der Waals surface area contributed by atoms with Crippen molar-refractivity contribution in [3.63, 3.8) is 0 Å². The van der Waals surface area contributed by atoms with Gasteiger partial charge in [0.05, 0.1) is 12.8 Å². The molecular weight excluding hydrogens is 370 g/mol. The summed E-state index contributed by atoms with van der Waals surface area (Å²) in [6.07, 6.45) is 3.88. The maximum atomic E-state index is 12.2. The number of halogens is 1. The van der Waals surface area contributed by atoms with Gasteiger partial charge in [0, 0.05) is 16.9 Å². The van der Waals surface area contributed by atoms with Gasteiger partial charge < -0.3 is 15.4 Å². The van der Waals surface area contributed by atoms with E-state index in [-0.39, 0.29) is 18.3 Å². The van der Waals surface area contributed by atoms with E-state index in [1.807, 2.05) is 31.2 Å². The number of hydrogen-bond acceptors (Lipinski definition) is 5. The summed E-state index contributed by atoms with van der Waals surface area (Å²) in [5.41, 5.74) is 1.95. The normalized spacial score (nSPS) is 14.5. The summed E-state index contributed by atoms with van der Waals surface area (Å²) in [4.78, 5) is 17.9. The average molecular weight is 396 g/mol. The van der Waals surface area contributed by atoms with E-state index in [9.17, 15) is 4.79 Å². The molecule has 2 heterocycles. The van der Waals surface area contributed by atoms with Gasteiger partial charge >= 0.3 is 0 Å². The summed E-state index contributed by atoms with van der Waals surface area (Å²) in [5.74, 6) is 1.55. The molecule has 1 amide bonds. The van der Waals surface area contributed by atoms with Gasteiger partial charge in [-0.1, -0.05) is 0 Å². The van der Waals surface area contributed by atoms with Crippen molar-refractivity contribution in [3.8, 4) is 17.0 Å². The first-order chi connectivity index (χ1) is 12.2. The third-order valence-corrected chi connectivity index (χ3v) is 5.53. The van der Waals surface area contributed by atoms with Crippen molar-refractivity contribution in [3.05, 3.63) is 29.1 Å². The molecule has 0 aliphatic carbocycles. The number of piperidine rings is 1. The van der Waals surface area contributed by atoms with Crippen molar-refractivity contribution in [2.24, 2.45) is 5.92 Å². The van der Waals surface area contributed by atoms with Crippen molar-refractivity contribution < 1.29 is 9.53 Å². The van der Waals surface area contributed by atoms with Gasteiger partial charge in [0.2, 0.25) is 5.91 Å². The first kappa shape index (κ1) is 20.7. The van der Waals surface area contributed by atoms with Gasteiger partial charge in [0.1, 0.15) is 5.75 Å². The summed E-state index contributed by atoms with van der Waals surface area (Å²) in [5, 5.41) is 7.00. The zero-order chi connectivity index (χ0) is 17.6. The fraction of sp³-hybridized carbons (Fsp3) is 0.474. The molecule has 0 spiro atoms. The maximum Gasteiger partial charge on any atom is 0.226 e. The van der Waals surface area contributed by atoms with Gasteiger partial charge in [-0.15, -0.1) is 23.7 Å². The number of hydrogen-bond donors (Lipinski definition) is 2. The minimum absolute atomic E-state index is 0. The number of benzene rings is 1. The van der Waals surface area contributed by atoms with E-state index >= 15 is 0 Å². The van der Waals surface area contributed by atoms with E-state index in [2.05, 4.69) is 15.6 Å². The van der Waals surface area contributed by atoms with Gasteiger partial charge in [0.25, 0.3) is 0 Å². The minimum atomic E-state index is 0. The van der Waals surface area contributed by atoms with E-state index in [0.717, 1.165) is 41.4 Å². The number of carbonyl (C=O) groups excluding carboxylic acids is 1. The smallest absolute Gasteiger partial charge is 0.226 e. The molecule has 1 aliphatic heterocycles. The van der Waals surface area contributed by atoms with Crippen LogP contribution in [0.5, 0.6) is 5.75 Å². The van der Waals surface area contributed by atoms with Gasteiger partial charge in [-0.25, -0.2) is 4.98 Å². The second-order valence-electron chi connectivity index (χ2n) is 6.43. The standard InChI is InChI=1S/C19H25N3O2S.ClH/c1-13-18(15-4-6-16(24-2)7-5-15)22-19(25-13)21-17(23)8-3-14-9-11-20-12-10-14;/h4-7,14,20H,3,8-12H2,1-2H3,(H,21,22,23);1H. The predicted octanol–water partition coefficient (Wildman–Crippen LogP) is 4.27. The number of nitrogens with one attached hydrogen (secondary N) is 2. The van der Waals surface area contributed by atoms with Gasteiger partial charge in [-0.2, -0.15) is 0 Å². The molecule has 3 rings (SSSR count). The Morgan fingerprint density at radius 2 is 2.00 bits per heavy atom. The third kappa shape index (κ3) is 5.43. The molecule has 142 valence electrons. The van der Waals surface area contributed by atoms with Crippen LogP contribution < -0.4 is 15.4 Å². The molecule has 7 heteroatoms. The van der Waals surface area contributed by atoms with Crippen LogP contribution in [-0.4, -0.2) is 31.1 Å². The summed E-state index contributed by atoms with van der Waals surface area (Å²) < 4.78 is 5.19. The average Bonchev–Trinajstić information content (AvgIpc) is 3.01. The van der Waals surface area contributed by atoms with Gasteiger partial charge in [0.15, 0.2) is 5.13 Å². The summed E-state index contributed by atoms with van der Waals surface area (Å²) in [7, 11) is 1.65. The third-order valence-electron chi connectivity index (χ3n) is 4.64. The molecular formula is C19H26ClN3O2S. The van der Waals surface area contributed by atoms with E-state index < -0.39 is 0 Å². The van der Waals surface area contributed by atoms with E-state index in [1.165, 1.54) is 24.2 Å². The first-order valence-electron chi connectivity index (χ1n) is 8.78. The Hall–Kier alpha value is -1.63. The van der Waals surface area contributed by atoms with Crippen molar-refractivity contribution in [2.45, 2.75) is 32.6 Å². The molecule has 0 saturated carbocycles. The van der Waals surface area contributed by atoms with Gasteiger partial charge in [-0.3, -0.25) is 4.79 Å². The lowest BCUT2D eigenvalue weighted by atomic mass is 9.93. The topological polar surface area (TPSA) is 63.2 Å². The molecule has 0 unspecified atom stereocenters. The Morgan fingerprint density at radius 3 is 2.65 bits per heavy atom. The number of rotatable bonds is 6. The molecule has 2 N–H and O–H groups in total. The Morgan fingerprint density at radius 1 is 1.31 bits per heavy atom. The predicted molar refractivity (Wildman–Crippen MR) is 110 cm³/mol. The quantitative estimate of drug-likeness (QED) is 0.766. The number of methoxy groups -OCH3 is 1. The Balaban J connectivity index is 0.00000243. The zero-order valence-corrected chi connectivity index (χ0v) is 16.8. The number of amides is 1. The molecule has 1 aromatic heterocycles. The number of thiazole rings is 1. The maximum absolute atomic E-state index is 12.2. The minimum Gasteiger partial charge on any atom is -0.497 e. The second kappa shape index (κ2) is 9.90. The Labute approximate surface area is 165 Å². The highest BCUT2D eigenvalue weighted by Crippen LogP contribution is 2.31. The van der Waals surface area contributed by atoms with Crippen LogP contribution in [-0.2, 0) is 4.79 Å². The van der Waals surface area contributed by atoms with Crippen molar-refractivity contribution >= 4 is 34.8 Å². The van der Waals surface area contributed by atoms with E-state index in [1.54, 1.807) is 7.11 Å². The van der Waals surface area contributed by atoms with E-state index in [4.69, 9.17) is 4.74 Å². The molecule has 1 fully saturated rings. The molecule has 1 saturated heterocycles. The van der Waals surface area contributed by atoms with Gasteiger partial charge in [-0.05, 0) is 69.5 Å².